The lowest BCUT2D eigenvalue weighted by Gasteiger charge is -2.42. The first-order valence-electron chi connectivity index (χ1n) is 22.7. The molecular weight excluding hydrogens is 787 g/mol. The minimum Gasteiger partial charge on any atom is -0.310 e. The van der Waals surface area contributed by atoms with Crippen LogP contribution in [0.4, 0.5) is 34.1 Å². The Balaban J connectivity index is 1.09. The van der Waals surface area contributed by atoms with Crippen molar-refractivity contribution in [3.8, 4) is 11.4 Å². The van der Waals surface area contributed by atoms with Gasteiger partial charge in [-0.15, -0.1) is 0 Å². The fraction of sp³-hybridized carbons (Fsp3) is 0.0667. The Morgan fingerprint density at radius 3 is 1.51 bits per heavy atom. The quantitative estimate of drug-likeness (QED) is 0.149. The highest BCUT2D eigenvalue weighted by molar-refractivity contribution is 6.99. The third-order valence-corrected chi connectivity index (χ3v) is 14.1. The summed E-state index contributed by atoms with van der Waals surface area (Å²) < 4.78 is 5.16. The molecule has 0 bridgehead atoms. The van der Waals surface area contributed by atoms with E-state index in [-0.39, 0.29) is 12.1 Å². The largest absolute Gasteiger partial charge is 0.310 e. The molecule has 0 atom stereocenters. The molecule has 0 aliphatic carbocycles. The summed E-state index contributed by atoms with van der Waals surface area (Å²) in [6.07, 6.45) is 0. The summed E-state index contributed by atoms with van der Waals surface area (Å²) in [4.78, 5) is 4.76. The molecule has 0 unspecified atom stereocenters. The van der Waals surface area contributed by atoms with Crippen LogP contribution in [0.1, 0.15) is 30.5 Å². The smallest absolute Gasteiger partial charge is 0.247 e. The third kappa shape index (κ3) is 5.52. The molecule has 308 valence electrons. The van der Waals surface area contributed by atoms with Gasteiger partial charge in [0.1, 0.15) is 0 Å². The van der Waals surface area contributed by atoms with E-state index in [1.54, 1.807) is 0 Å². The molecule has 0 saturated carbocycles. The number of anilines is 6. The summed E-state index contributed by atoms with van der Waals surface area (Å²) in [6.45, 7) is 7.22. The van der Waals surface area contributed by atoms with E-state index in [1.807, 2.05) is 0 Å². The molecule has 9 aromatic carbocycles. The van der Waals surface area contributed by atoms with Crippen LogP contribution in [-0.2, 0) is 5.41 Å². The molecule has 65 heavy (non-hydrogen) atoms. The van der Waals surface area contributed by atoms with Gasteiger partial charge in [-0.3, -0.25) is 0 Å². The Morgan fingerprint density at radius 1 is 0.400 bits per heavy atom. The van der Waals surface area contributed by atoms with Gasteiger partial charge in [0.25, 0.3) is 0 Å². The van der Waals surface area contributed by atoms with Crippen molar-refractivity contribution in [2.45, 2.75) is 26.2 Å². The molecule has 0 amide bonds. The second kappa shape index (κ2) is 14.3. The molecule has 0 N–H and O–H groups in total. The maximum Gasteiger partial charge on any atom is 0.247 e. The van der Waals surface area contributed by atoms with Crippen molar-refractivity contribution in [2.75, 3.05) is 9.80 Å². The van der Waals surface area contributed by atoms with Crippen molar-refractivity contribution < 1.29 is 0 Å². The normalized spacial score (nSPS) is 13.2. The van der Waals surface area contributed by atoms with Crippen molar-refractivity contribution in [2.24, 2.45) is 0 Å². The number of rotatable bonds is 7. The Kier molecular flexibility index (Phi) is 8.23. The Bertz CT molecular complexity index is 3550. The van der Waals surface area contributed by atoms with Crippen molar-refractivity contribution in [3.63, 3.8) is 0 Å². The van der Waals surface area contributed by atoms with Gasteiger partial charge in [0, 0.05) is 61.7 Å². The maximum absolute atomic E-state index is 2.64. The van der Waals surface area contributed by atoms with Crippen LogP contribution < -0.4 is 26.2 Å². The van der Waals surface area contributed by atoms with Gasteiger partial charge in [-0.1, -0.05) is 141 Å². The van der Waals surface area contributed by atoms with Gasteiger partial charge < -0.3 is 18.9 Å². The second-order valence-electron chi connectivity index (χ2n) is 18.2. The Morgan fingerprint density at radius 2 is 0.923 bits per heavy atom. The third-order valence-electron chi connectivity index (χ3n) is 14.1. The number of aryl methyl sites for hydroxylation is 1. The van der Waals surface area contributed by atoms with Gasteiger partial charge >= 0.3 is 0 Å². The number of fused-ring (bicyclic) bond motifs is 9. The Labute approximate surface area is 380 Å². The maximum atomic E-state index is 2.64. The average Bonchev–Trinajstić information content (AvgIpc) is 3.86. The van der Waals surface area contributed by atoms with Crippen LogP contribution in [0.25, 0.3) is 44.2 Å². The SMILES string of the molecule is Cc1cc2c3c(c1)C(C)(C)c1cc(N(c4ccccc4)c4ccccc4)ccc1B3c1cccc3c1n-2c1c2ccc(N(c4ccccc4)c4ccccc4)cc2n(-c2ccccc2)c31. The summed E-state index contributed by atoms with van der Waals surface area (Å²) in [5.74, 6) is 0. The minimum absolute atomic E-state index is 0.0723. The zero-order valence-corrected chi connectivity index (χ0v) is 36.7. The lowest BCUT2D eigenvalue weighted by molar-refractivity contribution is 0.645. The summed E-state index contributed by atoms with van der Waals surface area (Å²) in [5, 5.41) is 2.49. The predicted molar refractivity (Wildman–Crippen MR) is 275 cm³/mol. The molecule has 2 aliphatic rings. The van der Waals surface area contributed by atoms with E-state index < -0.39 is 0 Å². The minimum atomic E-state index is -0.278. The van der Waals surface area contributed by atoms with Crippen LogP contribution >= 0.6 is 0 Å². The molecule has 11 aromatic rings. The molecule has 2 aromatic heterocycles. The summed E-state index contributed by atoms with van der Waals surface area (Å²) in [7, 11) is 0. The standard InChI is InChI=1S/C60H45BN4/c1-40-36-51-56-55(37-40)65-57-49(30-19-31-53(57)61(56)52-35-33-46(38-50(52)60(51,2)3)62(41-20-9-4-10-21-41)42-22-11-5-12-23-42)59-58(65)48-34-32-47(39-54(48)64(59)45-28-17-8-18-29-45)63(43-24-13-6-14-25-43)44-26-15-7-16-27-44/h4-39H,1-3H3. The molecule has 0 spiro atoms. The first-order chi connectivity index (χ1) is 32.0. The van der Waals surface area contributed by atoms with Gasteiger partial charge in [0.15, 0.2) is 0 Å². The van der Waals surface area contributed by atoms with Crippen LogP contribution in [-0.4, -0.2) is 15.8 Å². The van der Waals surface area contributed by atoms with Gasteiger partial charge in [0.2, 0.25) is 6.71 Å². The lowest BCUT2D eigenvalue weighted by Crippen LogP contribution is -2.63. The first kappa shape index (κ1) is 37.5. The summed E-state index contributed by atoms with van der Waals surface area (Å²) in [5.41, 5.74) is 22.1. The number of benzene rings is 9. The van der Waals surface area contributed by atoms with E-state index in [0.717, 1.165) is 39.8 Å². The predicted octanol–water partition coefficient (Wildman–Crippen LogP) is 13.4. The molecule has 0 fully saturated rings. The zero-order valence-electron chi connectivity index (χ0n) is 36.7. The summed E-state index contributed by atoms with van der Waals surface area (Å²) in [6, 6.07) is 80.2. The highest BCUT2D eigenvalue weighted by Crippen LogP contribution is 2.47. The number of hydrogen-bond acceptors (Lipinski definition) is 2. The van der Waals surface area contributed by atoms with E-state index in [1.165, 1.54) is 71.6 Å². The fourth-order valence-electron chi connectivity index (χ4n) is 11.4. The first-order valence-corrected chi connectivity index (χ1v) is 22.7. The van der Waals surface area contributed by atoms with Crippen molar-refractivity contribution >= 4 is 90.1 Å². The summed E-state index contributed by atoms with van der Waals surface area (Å²) >= 11 is 0. The number of nitrogens with zero attached hydrogens (tertiary/aromatic N) is 4. The van der Waals surface area contributed by atoms with Crippen molar-refractivity contribution in [1.82, 2.24) is 9.13 Å². The molecule has 0 saturated heterocycles. The topological polar surface area (TPSA) is 16.3 Å². The molecular formula is C60H45BN4. The van der Waals surface area contributed by atoms with Crippen LogP contribution in [0.3, 0.4) is 0 Å². The highest BCUT2D eigenvalue weighted by atomic mass is 15.2. The van der Waals surface area contributed by atoms with E-state index in [4.69, 9.17) is 0 Å². The molecule has 2 aliphatic heterocycles. The molecule has 4 heterocycles. The molecule has 5 heteroatoms. The highest BCUT2D eigenvalue weighted by Gasteiger charge is 2.46. The molecule has 0 radical (unpaired) electrons. The van der Waals surface area contributed by atoms with Gasteiger partial charge in [-0.05, 0) is 132 Å². The van der Waals surface area contributed by atoms with E-state index in [9.17, 15) is 0 Å². The van der Waals surface area contributed by atoms with Gasteiger partial charge in [-0.25, -0.2) is 0 Å². The van der Waals surface area contributed by atoms with E-state index in [0.29, 0.717) is 0 Å². The number of hydrogen-bond donors (Lipinski definition) is 0. The average molecular weight is 833 g/mol. The van der Waals surface area contributed by atoms with Crippen LogP contribution in [0.5, 0.6) is 0 Å². The van der Waals surface area contributed by atoms with Gasteiger partial charge in [-0.2, -0.15) is 0 Å². The number of aromatic nitrogens is 2. The number of para-hydroxylation sites is 6. The van der Waals surface area contributed by atoms with E-state index >= 15 is 0 Å². The lowest BCUT2D eigenvalue weighted by atomic mass is 9.30. The second-order valence-corrected chi connectivity index (χ2v) is 18.2. The van der Waals surface area contributed by atoms with Crippen LogP contribution in [0, 0.1) is 6.92 Å². The molecule has 4 nitrogen and oxygen atoms in total. The van der Waals surface area contributed by atoms with Crippen LogP contribution in [0.15, 0.2) is 218 Å². The van der Waals surface area contributed by atoms with Crippen molar-refractivity contribution in [1.29, 1.82) is 0 Å². The van der Waals surface area contributed by atoms with Gasteiger partial charge in [0.05, 0.1) is 22.1 Å². The zero-order chi connectivity index (χ0) is 43.4. The van der Waals surface area contributed by atoms with Crippen LogP contribution in [0.2, 0.25) is 0 Å². The monoisotopic (exact) mass is 832 g/mol. The van der Waals surface area contributed by atoms with E-state index in [2.05, 4.69) is 258 Å². The fourth-order valence-corrected chi connectivity index (χ4v) is 11.4. The molecule has 13 rings (SSSR count). The Hall–Kier alpha value is -8.02. The van der Waals surface area contributed by atoms with Crippen molar-refractivity contribution in [3.05, 3.63) is 235 Å².